The van der Waals surface area contributed by atoms with E-state index in [4.69, 9.17) is 5.26 Å². The van der Waals surface area contributed by atoms with Crippen LogP contribution < -0.4 is 10.9 Å². The van der Waals surface area contributed by atoms with Crippen LogP contribution in [0.4, 0.5) is 5.69 Å². The molecule has 146 valence electrons. The molecule has 0 saturated carbocycles. The summed E-state index contributed by atoms with van der Waals surface area (Å²) in [5, 5.41) is 22.7. The third kappa shape index (κ3) is 5.27. The SMILES string of the molecule is CC(C)Cc1ccc([C@H](C)NC(=O)Cn2cc([N+](=O)[O-])cc(C#N)c2=O)cc1. The number of benzene rings is 1. The van der Waals surface area contributed by atoms with Crippen LogP contribution in [-0.4, -0.2) is 15.4 Å². The number of amides is 1. The maximum absolute atomic E-state index is 12.3. The summed E-state index contributed by atoms with van der Waals surface area (Å²) in [7, 11) is 0. The normalized spacial score (nSPS) is 11.7. The molecule has 0 aliphatic rings. The topological polar surface area (TPSA) is 118 Å². The van der Waals surface area contributed by atoms with Crippen LogP contribution in [-0.2, 0) is 17.8 Å². The highest BCUT2D eigenvalue weighted by Crippen LogP contribution is 2.16. The van der Waals surface area contributed by atoms with Crippen molar-refractivity contribution in [2.45, 2.75) is 39.8 Å². The van der Waals surface area contributed by atoms with Crippen LogP contribution in [0.2, 0.25) is 0 Å². The van der Waals surface area contributed by atoms with E-state index in [2.05, 4.69) is 19.2 Å². The lowest BCUT2D eigenvalue weighted by Gasteiger charge is -2.16. The lowest BCUT2D eigenvalue weighted by Crippen LogP contribution is -2.34. The van der Waals surface area contributed by atoms with Crippen LogP contribution in [0.5, 0.6) is 0 Å². The van der Waals surface area contributed by atoms with E-state index in [0.717, 1.165) is 28.8 Å². The number of pyridine rings is 1. The minimum Gasteiger partial charge on any atom is -0.348 e. The van der Waals surface area contributed by atoms with E-state index in [1.807, 2.05) is 31.2 Å². The largest absolute Gasteiger partial charge is 0.348 e. The Bertz CT molecular complexity index is 971. The van der Waals surface area contributed by atoms with E-state index in [9.17, 15) is 19.7 Å². The molecule has 0 fully saturated rings. The molecule has 0 bridgehead atoms. The zero-order chi connectivity index (χ0) is 20.8. The van der Waals surface area contributed by atoms with Crippen molar-refractivity contribution in [3.05, 3.63) is 73.7 Å². The highest BCUT2D eigenvalue weighted by atomic mass is 16.6. The van der Waals surface area contributed by atoms with Crippen LogP contribution in [0.3, 0.4) is 0 Å². The lowest BCUT2D eigenvalue weighted by atomic mass is 10.00. The molecule has 0 aliphatic carbocycles. The summed E-state index contributed by atoms with van der Waals surface area (Å²) < 4.78 is 0.879. The average Bonchev–Trinajstić information content (AvgIpc) is 2.63. The van der Waals surface area contributed by atoms with Gasteiger partial charge in [-0.15, -0.1) is 0 Å². The summed E-state index contributed by atoms with van der Waals surface area (Å²) >= 11 is 0. The first-order valence-corrected chi connectivity index (χ1v) is 8.88. The third-order valence-electron chi connectivity index (χ3n) is 4.22. The highest BCUT2D eigenvalue weighted by molar-refractivity contribution is 5.76. The second kappa shape index (κ2) is 8.95. The van der Waals surface area contributed by atoms with Gasteiger partial charge in [0, 0.05) is 6.07 Å². The summed E-state index contributed by atoms with van der Waals surface area (Å²) in [6.45, 7) is 5.69. The van der Waals surface area contributed by atoms with Gasteiger partial charge in [0.15, 0.2) is 0 Å². The summed E-state index contributed by atoms with van der Waals surface area (Å²) in [5.74, 6) is 0.0692. The lowest BCUT2D eigenvalue weighted by molar-refractivity contribution is -0.385. The van der Waals surface area contributed by atoms with E-state index in [1.54, 1.807) is 6.07 Å². The molecular formula is C20H22N4O4. The molecule has 8 heteroatoms. The fraction of sp³-hybridized carbons (Fsp3) is 0.350. The summed E-state index contributed by atoms with van der Waals surface area (Å²) in [6, 6.07) is 10.1. The van der Waals surface area contributed by atoms with Gasteiger partial charge in [0.05, 0.1) is 17.2 Å². The summed E-state index contributed by atoms with van der Waals surface area (Å²) in [6.07, 6.45) is 1.94. The Kier molecular flexibility index (Phi) is 6.66. The third-order valence-corrected chi connectivity index (χ3v) is 4.22. The van der Waals surface area contributed by atoms with Crippen molar-refractivity contribution in [2.24, 2.45) is 5.92 Å². The number of hydrogen-bond acceptors (Lipinski definition) is 5. The van der Waals surface area contributed by atoms with Crippen molar-refractivity contribution in [1.29, 1.82) is 5.26 Å². The maximum Gasteiger partial charge on any atom is 0.287 e. The molecule has 0 spiro atoms. The molecule has 0 unspecified atom stereocenters. The van der Waals surface area contributed by atoms with Gasteiger partial charge in [-0.05, 0) is 30.4 Å². The van der Waals surface area contributed by atoms with Crippen LogP contribution in [0, 0.1) is 27.4 Å². The highest BCUT2D eigenvalue weighted by Gasteiger charge is 2.17. The van der Waals surface area contributed by atoms with Gasteiger partial charge in [0.1, 0.15) is 18.2 Å². The molecule has 1 amide bonds. The Morgan fingerprint density at radius 3 is 2.46 bits per heavy atom. The standard InChI is InChI=1S/C20H22N4O4/c1-13(2)8-15-4-6-16(7-5-15)14(3)22-19(25)12-23-11-18(24(27)28)9-17(10-21)20(23)26/h4-7,9,11,13-14H,8,12H2,1-3H3,(H,22,25)/t14-/m0/s1. The molecule has 2 aromatic rings. The molecular weight excluding hydrogens is 360 g/mol. The van der Waals surface area contributed by atoms with Crippen LogP contribution >= 0.6 is 0 Å². The fourth-order valence-corrected chi connectivity index (χ4v) is 2.86. The first-order valence-electron chi connectivity index (χ1n) is 8.88. The van der Waals surface area contributed by atoms with Crippen LogP contribution in [0.1, 0.15) is 43.5 Å². The minimum absolute atomic E-state index is 0.301. The van der Waals surface area contributed by atoms with Crippen molar-refractivity contribution < 1.29 is 9.72 Å². The predicted octanol–water partition coefficient (Wildman–Crippen LogP) is 2.70. The Morgan fingerprint density at radius 2 is 1.93 bits per heavy atom. The monoisotopic (exact) mass is 382 g/mol. The summed E-state index contributed by atoms with van der Waals surface area (Å²) in [4.78, 5) is 34.7. The first-order chi connectivity index (χ1) is 13.2. The number of carbonyl (C=O) groups is 1. The molecule has 0 aliphatic heterocycles. The molecule has 0 radical (unpaired) electrons. The van der Waals surface area contributed by atoms with Gasteiger partial charge >= 0.3 is 0 Å². The molecule has 1 N–H and O–H groups in total. The minimum atomic E-state index is -0.742. The van der Waals surface area contributed by atoms with E-state index >= 15 is 0 Å². The molecule has 1 atom stereocenters. The molecule has 28 heavy (non-hydrogen) atoms. The number of carbonyl (C=O) groups excluding carboxylic acids is 1. The number of aromatic nitrogens is 1. The molecule has 2 rings (SSSR count). The van der Waals surface area contributed by atoms with Gasteiger partial charge in [-0.3, -0.25) is 24.3 Å². The smallest absolute Gasteiger partial charge is 0.287 e. The number of nitrogens with zero attached hydrogens (tertiary/aromatic N) is 3. The van der Waals surface area contributed by atoms with Crippen molar-refractivity contribution >= 4 is 11.6 Å². The van der Waals surface area contributed by atoms with Crippen LogP contribution in [0.15, 0.2) is 41.3 Å². The Labute approximate surface area is 162 Å². The number of nitriles is 1. The zero-order valence-corrected chi connectivity index (χ0v) is 16.0. The number of rotatable bonds is 7. The van der Waals surface area contributed by atoms with Crippen molar-refractivity contribution in [3.8, 4) is 6.07 Å². The predicted molar refractivity (Wildman–Crippen MR) is 104 cm³/mol. The quantitative estimate of drug-likeness (QED) is 0.583. The zero-order valence-electron chi connectivity index (χ0n) is 16.0. The second-order valence-electron chi connectivity index (χ2n) is 7.04. The second-order valence-corrected chi connectivity index (χ2v) is 7.04. The van der Waals surface area contributed by atoms with E-state index in [0.29, 0.717) is 5.92 Å². The summed E-state index contributed by atoms with van der Waals surface area (Å²) in [5.41, 5.74) is 0.580. The molecule has 8 nitrogen and oxygen atoms in total. The van der Waals surface area contributed by atoms with E-state index in [1.165, 1.54) is 5.56 Å². The van der Waals surface area contributed by atoms with Gasteiger partial charge in [0.2, 0.25) is 5.91 Å². The molecule has 0 saturated heterocycles. The molecule has 1 aromatic heterocycles. The van der Waals surface area contributed by atoms with Crippen LogP contribution in [0.25, 0.3) is 0 Å². The van der Waals surface area contributed by atoms with Gasteiger partial charge in [-0.2, -0.15) is 5.26 Å². The van der Waals surface area contributed by atoms with Crippen molar-refractivity contribution in [1.82, 2.24) is 9.88 Å². The maximum atomic E-state index is 12.3. The Morgan fingerprint density at radius 1 is 1.29 bits per heavy atom. The van der Waals surface area contributed by atoms with E-state index in [-0.39, 0.29) is 11.6 Å². The Balaban J connectivity index is 2.11. The first kappa shape index (κ1) is 20.8. The number of nitro groups is 1. The Hall–Kier alpha value is -3.47. The van der Waals surface area contributed by atoms with Gasteiger partial charge in [0.25, 0.3) is 11.2 Å². The van der Waals surface area contributed by atoms with Crippen molar-refractivity contribution in [3.63, 3.8) is 0 Å². The van der Waals surface area contributed by atoms with Gasteiger partial charge in [-0.25, -0.2) is 0 Å². The fourth-order valence-electron chi connectivity index (χ4n) is 2.86. The van der Waals surface area contributed by atoms with E-state index < -0.39 is 28.6 Å². The molecule has 1 heterocycles. The van der Waals surface area contributed by atoms with Crippen molar-refractivity contribution in [2.75, 3.05) is 0 Å². The number of hydrogen-bond donors (Lipinski definition) is 1. The number of nitrogens with one attached hydrogen (secondary N) is 1. The average molecular weight is 382 g/mol. The van der Waals surface area contributed by atoms with Gasteiger partial charge < -0.3 is 5.32 Å². The molecule has 1 aromatic carbocycles. The van der Waals surface area contributed by atoms with Gasteiger partial charge in [-0.1, -0.05) is 38.1 Å².